The molecule has 1 amide bonds. The van der Waals surface area contributed by atoms with Crippen LogP contribution in [0.5, 0.6) is 0 Å². The maximum absolute atomic E-state index is 9.97. The van der Waals surface area contributed by atoms with E-state index in [1.807, 2.05) is 12.1 Å². The Balaban J connectivity index is 2.12. The van der Waals surface area contributed by atoms with Crippen molar-refractivity contribution in [3.8, 4) is 0 Å². The molecule has 1 radical (unpaired) electrons. The van der Waals surface area contributed by atoms with Crippen molar-refractivity contribution < 1.29 is 4.79 Å². The molecule has 1 aromatic carbocycles. The van der Waals surface area contributed by atoms with Gasteiger partial charge in [-0.25, -0.2) is 0 Å². The van der Waals surface area contributed by atoms with E-state index in [9.17, 15) is 4.79 Å². The standard InChI is InChI=1S/C10H10NO/c12-7-11-10-5-3-9(4-6-10)8-1-2-8/h3-6,8H,1-2H2,(H,11,12). The Hall–Kier alpha value is -1.31. The van der Waals surface area contributed by atoms with Gasteiger partial charge in [-0.3, -0.25) is 4.79 Å². The first kappa shape index (κ1) is 7.35. The normalized spacial score (nSPS) is 15.7. The van der Waals surface area contributed by atoms with E-state index in [4.69, 9.17) is 0 Å². The van der Waals surface area contributed by atoms with Crippen molar-refractivity contribution in [1.29, 1.82) is 0 Å². The second-order valence-corrected chi connectivity index (χ2v) is 3.12. The number of carbonyl (C=O) groups excluding carboxylic acids is 1. The van der Waals surface area contributed by atoms with Gasteiger partial charge in [-0.2, -0.15) is 0 Å². The molecule has 1 N–H and O–H groups in total. The summed E-state index contributed by atoms with van der Waals surface area (Å²) in [6, 6.07) is 7.96. The first-order chi connectivity index (χ1) is 5.90. The van der Waals surface area contributed by atoms with E-state index in [2.05, 4.69) is 17.4 Å². The lowest BCUT2D eigenvalue weighted by molar-refractivity contribution is 0.561. The van der Waals surface area contributed by atoms with E-state index >= 15 is 0 Å². The number of anilines is 1. The van der Waals surface area contributed by atoms with Gasteiger partial charge in [0.15, 0.2) is 0 Å². The van der Waals surface area contributed by atoms with Gasteiger partial charge < -0.3 is 5.32 Å². The highest BCUT2D eigenvalue weighted by atomic mass is 16.1. The van der Waals surface area contributed by atoms with Gasteiger partial charge in [-0.1, -0.05) is 12.1 Å². The van der Waals surface area contributed by atoms with Crippen LogP contribution in [0.4, 0.5) is 5.69 Å². The fourth-order valence-corrected chi connectivity index (χ4v) is 1.31. The minimum atomic E-state index is 0.777. The highest BCUT2D eigenvalue weighted by molar-refractivity contribution is 5.71. The Morgan fingerprint density at radius 3 is 2.42 bits per heavy atom. The van der Waals surface area contributed by atoms with Gasteiger partial charge in [0.1, 0.15) is 0 Å². The van der Waals surface area contributed by atoms with Crippen LogP contribution < -0.4 is 5.32 Å². The van der Waals surface area contributed by atoms with E-state index in [1.165, 1.54) is 18.4 Å². The SMILES string of the molecule is O=[C]Nc1ccc(C2CC2)cc1. The molecule has 0 saturated heterocycles. The first-order valence-corrected chi connectivity index (χ1v) is 4.13. The fraction of sp³-hybridized carbons (Fsp3) is 0.300. The van der Waals surface area contributed by atoms with Gasteiger partial charge in [-0.15, -0.1) is 0 Å². The molecule has 2 heteroatoms. The van der Waals surface area contributed by atoms with Crippen molar-refractivity contribution in [2.75, 3.05) is 5.32 Å². The lowest BCUT2D eigenvalue weighted by Gasteiger charge is -1.99. The van der Waals surface area contributed by atoms with Crippen LogP contribution in [0.1, 0.15) is 24.3 Å². The molecule has 0 bridgehead atoms. The summed E-state index contributed by atoms with van der Waals surface area (Å²) in [5, 5.41) is 2.49. The van der Waals surface area contributed by atoms with Crippen LogP contribution >= 0.6 is 0 Å². The number of rotatable bonds is 3. The lowest BCUT2D eigenvalue weighted by atomic mass is 10.1. The molecule has 1 aromatic rings. The molecule has 0 atom stereocenters. The lowest BCUT2D eigenvalue weighted by Crippen LogP contribution is -1.92. The number of benzene rings is 1. The van der Waals surface area contributed by atoms with Gasteiger partial charge >= 0.3 is 6.41 Å². The zero-order valence-electron chi connectivity index (χ0n) is 6.71. The summed E-state index contributed by atoms with van der Waals surface area (Å²) in [6.07, 6.45) is 4.27. The van der Waals surface area contributed by atoms with Crippen LogP contribution in [0.2, 0.25) is 0 Å². The van der Waals surface area contributed by atoms with Crippen LogP contribution in [0.25, 0.3) is 0 Å². The second-order valence-electron chi connectivity index (χ2n) is 3.12. The zero-order valence-corrected chi connectivity index (χ0v) is 6.71. The third kappa shape index (κ3) is 1.47. The Morgan fingerprint density at radius 1 is 1.25 bits per heavy atom. The van der Waals surface area contributed by atoms with Crippen molar-refractivity contribution >= 4 is 12.1 Å². The van der Waals surface area contributed by atoms with E-state index in [0.29, 0.717) is 0 Å². The monoisotopic (exact) mass is 160 g/mol. The smallest absolute Gasteiger partial charge is 0.314 e. The molecule has 0 aliphatic heterocycles. The average molecular weight is 160 g/mol. The Labute approximate surface area is 71.6 Å². The Kier molecular flexibility index (Phi) is 1.82. The number of hydrogen-bond donors (Lipinski definition) is 1. The van der Waals surface area contributed by atoms with E-state index in [1.54, 1.807) is 6.41 Å². The summed E-state index contributed by atoms with van der Waals surface area (Å²) in [5.74, 6) is 0.777. The molecule has 2 rings (SSSR count). The van der Waals surface area contributed by atoms with Crippen LogP contribution in [0.3, 0.4) is 0 Å². The van der Waals surface area contributed by atoms with Gasteiger partial charge in [0, 0.05) is 5.69 Å². The zero-order chi connectivity index (χ0) is 8.39. The maximum Gasteiger partial charge on any atom is 0.314 e. The highest BCUT2D eigenvalue weighted by Gasteiger charge is 2.22. The summed E-state index contributed by atoms with van der Waals surface area (Å²) in [5.41, 5.74) is 2.20. The van der Waals surface area contributed by atoms with Crippen LogP contribution in [0, 0.1) is 0 Å². The topological polar surface area (TPSA) is 29.1 Å². The van der Waals surface area contributed by atoms with Gasteiger partial charge in [0.25, 0.3) is 0 Å². The quantitative estimate of drug-likeness (QED) is 0.673. The molecule has 12 heavy (non-hydrogen) atoms. The third-order valence-electron chi connectivity index (χ3n) is 2.15. The summed E-state index contributed by atoms with van der Waals surface area (Å²) in [4.78, 5) is 9.97. The molecule has 1 fully saturated rings. The van der Waals surface area contributed by atoms with E-state index < -0.39 is 0 Å². The molecule has 0 aromatic heterocycles. The number of nitrogens with one attached hydrogen (secondary N) is 1. The van der Waals surface area contributed by atoms with E-state index in [0.717, 1.165) is 11.6 Å². The van der Waals surface area contributed by atoms with Crippen molar-refractivity contribution in [3.63, 3.8) is 0 Å². The summed E-state index contributed by atoms with van der Waals surface area (Å²) in [7, 11) is 0. The van der Waals surface area contributed by atoms with Crippen molar-refractivity contribution in [2.45, 2.75) is 18.8 Å². The van der Waals surface area contributed by atoms with E-state index in [-0.39, 0.29) is 0 Å². The first-order valence-electron chi connectivity index (χ1n) is 4.13. The summed E-state index contributed by atoms with van der Waals surface area (Å²) < 4.78 is 0. The van der Waals surface area contributed by atoms with Crippen LogP contribution in [0.15, 0.2) is 24.3 Å². The minimum Gasteiger partial charge on any atom is -0.318 e. The number of amides is 1. The second kappa shape index (κ2) is 2.97. The molecule has 2 nitrogen and oxygen atoms in total. The van der Waals surface area contributed by atoms with Crippen molar-refractivity contribution in [1.82, 2.24) is 0 Å². The molecule has 1 aliphatic carbocycles. The Bertz CT molecular complexity index is 274. The molecular formula is C10H10NO. The summed E-state index contributed by atoms with van der Waals surface area (Å²) >= 11 is 0. The average Bonchev–Trinajstić information content (AvgIpc) is 2.89. The molecule has 0 unspecified atom stereocenters. The number of hydrogen-bond acceptors (Lipinski definition) is 1. The van der Waals surface area contributed by atoms with Crippen molar-refractivity contribution in [2.24, 2.45) is 0 Å². The summed E-state index contributed by atoms with van der Waals surface area (Å²) in [6.45, 7) is 0. The van der Waals surface area contributed by atoms with Crippen LogP contribution in [-0.2, 0) is 4.79 Å². The highest BCUT2D eigenvalue weighted by Crippen LogP contribution is 2.40. The Morgan fingerprint density at radius 2 is 1.92 bits per heavy atom. The molecule has 1 saturated carbocycles. The molecule has 0 spiro atoms. The largest absolute Gasteiger partial charge is 0.318 e. The molecule has 61 valence electrons. The molecule has 1 aliphatic rings. The van der Waals surface area contributed by atoms with Gasteiger partial charge in [0.2, 0.25) is 0 Å². The van der Waals surface area contributed by atoms with Crippen molar-refractivity contribution in [3.05, 3.63) is 29.8 Å². The fourth-order valence-electron chi connectivity index (χ4n) is 1.31. The van der Waals surface area contributed by atoms with Gasteiger partial charge in [0.05, 0.1) is 0 Å². The van der Waals surface area contributed by atoms with Gasteiger partial charge in [-0.05, 0) is 36.5 Å². The predicted octanol–water partition coefficient (Wildman–Crippen LogP) is 2.04. The van der Waals surface area contributed by atoms with Crippen LogP contribution in [-0.4, -0.2) is 6.41 Å². The third-order valence-corrected chi connectivity index (χ3v) is 2.15. The maximum atomic E-state index is 9.97. The molecular weight excluding hydrogens is 150 g/mol. The minimum absolute atomic E-state index is 0.777. The molecule has 0 heterocycles. The predicted molar refractivity (Wildman–Crippen MR) is 47.7 cm³/mol.